The van der Waals surface area contributed by atoms with E-state index < -0.39 is 0 Å². The Labute approximate surface area is 146 Å². The molecule has 0 saturated carbocycles. The number of carbonyl (C=O) groups excluding carboxylic acids is 1. The van der Waals surface area contributed by atoms with E-state index in [2.05, 4.69) is 24.1 Å². The Morgan fingerprint density at radius 3 is 2.38 bits per heavy atom. The fraction of sp³-hybridized carbons (Fsp3) is 0.929. The van der Waals surface area contributed by atoms with Crippen LogP contribution in [-0.2, 0) is 4.79 Å². The Balaban J connectivity index is 0. The number of thioether (sulfide) groups is 1. The number of piperidine rings is 1. The van der Waals surface area contributed by atoms with Crippen LogP contribution in [0, 0.1) is 5.92 Å². The molecule has 21 heavy (non-hydrogen) atoms. The number of nitrogens with zero attached hydrogens (tertiary/aromatic N) is 1. The summed E-state index contributed by atoms with van der Waals surface area (Å²) in [5.41, 5.74) is 5.88. The second-order valence-electron chi connectivity index (χ2n) is 5.87. The van der Waals surface area contributed by atoms with Gasteiger partial charge in [0.2, 0.25) is 5.91 Å². The fourth-order valence-corrected chi connectivity index (χ4v) is 2.95. The van der Waals surface area contributed by atoms with Gasteiger partial charge in [0.1, 0.15) is 0 Å². The number of rotatable bonds is 7. The summed E-state index contributed by atoms with van der Waals surface area (Å²) in [5.74, 6) is 1.68. The molecule has 0 unspecified atom stereocenters. The number of likely N-dealkylation sites (tertiary alicyclic amines) is 1. The lowest BCUT2D eigenvalue weighted by Crippen LogP contribution is -2.50. The molecule has 1 aliphatic rings. The van der Waals surface area contributed by atoms with Crippen molar-refractivity contribution in [2.24, 2.45) is 11.7 Å². The number of halogens is 2. The molecule has 1 fully saturated rings. The molecule has 1 atom stereocenters. The summed E-state index contributed by atoms with van der Waals surface area (Å²) in [6.07, 6.45) is 4.90. The predicted molar refractivity (Wildman–Crippen MR) is 97.9 cm³/mol. The Morgan fingerprint density at radius 2 is 1.90 bits per heavy atom. The van der Waals surface area contributed by atoms with Crippen molar-refractivity contribution in [3.8, 4) is 0 Å². The quantitative estimate of drug-likeness (QED) is 0.730. The van der Waals surface area contributed by atoms with Crippen LogP contribution in [0.3, 0.4) is 0 Å². The van der Waals surface area contributed by atoms with Crippen LogP contribution in [0.4, 0.5) is 0 Å². The minimum atomic E-state index is -0.346. The number of carbonyl (C=O) groups is 1. The molecular formula is C14H31Cl2N3OS. The van der Waals surface area contributed by atoms with Crippen molar-refractivity contribution in [2.45, 2.75) is 45.2 Å². The third kappa shape index (κ3) is 9.84. The third-order valence-corrected chi connectivity index (χ3v) is 4.17. The molecule has 1 rings (SSSR count). The minimum absolute atomic E-state index is 0. The molecule has 0 aromatic rings. The average molecular weight is 360 g/mol. The standard InChI is InChI=1S/C14H29N3OS.2ClH/c1-11(2)10-17-7-4-12(5-8-17)16-14(18)13(15)6-9-19-3;;/h11-13H,4-10,15H2,1-3H3,(H,16,18);2*1H/t13-;;/m0../s1. The molecule has 0 spiro atoms. The molecule has 1 aliphatic heterocycles. The summed E-state index contributed by atoms with van der Waals surface area (Å²) in [4.78, 5) is 14.4. The monoisotopic (exact) mass is 359 g/mol. The maximum Gasteiger partial charge on any atom is 0.237 e. The summed E-state index contributed by atoms with van der Waals surface area (Å²) in [7, 11) is 0. The maximum atomic E-state index is 11.9. The summed E-state index contributed by atoms with van der Waals surface area (Å²) < 4.78 is 0. The molecule has 1 heterocycles. The lowest BCUT2D eigenvalue weighted by molar-refractivity contribution is -0.123. The van der Waals surface area contributed by atoms with Gasteiger partial charge in [-0.25, -0.2) is 0 Å². The van der Waals surface area contributed by atoms with Crippen molar-refractivity contribution in [1.29, 1.82) is 0 Å². The Hall–Kier alpha value is 0.320. The lowest BCUT2D eigenvalue weighted by Gasteiger charge is -2.33. The van der Waals surface area contributed by atoms with Gasteiger partial charge >= 0.3 is 0 Å². The molecule has 3 N–H and O–H groups in total. The molecule has 0 bridgehead atoms. The van der Waals surface area contributed by atoms with Crippen LogP contribution < -0.4 is 11.1 Å². The zero-order valence-corrected chi connectivity index (χ0v) is 15.8. The molecule has 0 aliphatic carbocycles. The average Bonchev–Trinajstić information content (AvgIpc) is 2.37. The van der Waals surface area contributed by atoms with E-state index in [1.165, 1.54) is 0 Å². The molecule has 128 valence electrons. The zero-order chi connectivity index (χ0) is 14.3. The summed E-state index contributed by atoms with van der Waals surface area (Å²) in [5, 5.41) is 3.10. The highest BCUT2D eigenvalue weighted by atomic mass is 35.5. The number of amides is 1. The molecule has 1 amide bonds. The van der Waals surface area contributed by atoms with Crippen molar-refractivity contribution >= 4 is 42.5 Å². The van der Waals surface area contributed by atoms with Crippen LogP contribution in [-0.4, -0.2) is 54.5 Å². The lowest BCUT2D eigenvalue weighted by atomic mass is 10.0. The van der Waals surface area contributed by atoms with Gasteiger partial charge in [-0.15, -0.1) is 24.8 Å². The van der Waals surface area contributed by atoms with Gasteiger partial charge in [-0.1, -0.05) is 13.8 Å². The van der Waals surface area contributed by atoms with E-state index in [9.17, 15) is 4.79 Å². The number of hydrogen-bond acceptors (Lipinski definition) is 4. The summed E-state index contributed by atoms with van der Waals surface area (Å²) in [6, 6.07) is -0.0302. The van der Waals surface area contributed by atoms with Gasteiger partial charge < -0.3 is 16.0 Å². The van der Waals surface area contributed by atoms with E-state index in [0.717, 1.165) is 44.6 Å². The van der Waals surface area contributed by atoms with Crippen molar-refractivity contribution in [3.63, 3.8) is 0 Å². The van der Waals surface area contributed by atoms with E-state index in [-0.39, 0.29) is 36.8 Å². The SMILES string of the molecule is CSCC[C@H](N)C(=O)NC1CCN(CC(C)C)CC1.Cl.Cl. The Kier molecular flexibility index (Phi) is 14.4. The molecule has 0 aromatic carbocycles. The molecule has 4 nitrogen and oxygen atoms in total. The van der Waals surface area contributed by atoms with Gasteiger partial charge in [0.25, 0.3) is 0 Å². The predicted octanol–water partition coefficient (Wildman–Crippen LogP) is 2.15. The first-order valence-electron chi connectivity index (χ1n) is 7.30. The highest BCUT2D eigenvalue weighted by molar-refractivity contribution is 7.98. The van der Waals surface area contributed by atoms with Gasteiger partial charge in [-0.2, -0.15) is 11.8 Å². The molecule has 0 radical (unpaired) electrons. The van der Waals surface area contributed by atoms with E-state index in [1.807, 2.05) is 6.26 Å². The smallest absolute Gasteiger partial charge is 0.237 e. The van der Waals surface area contributed by atoms with Crippen molar-refractivity contribution < 1.29 is 4.79 Å². The topological polar surface area (TPSA) is 58.4 Å². The highest BCUT2D eigenvalue weighted by Gasteiger charge is 2.22. The fourth-order valence-electron chi connectivity index (χ4n) is 2.46. The molecular weight excluding hydrogens is 329 g/mol. The van der Waals surface area contributed by atoms with Crippen molar-refractivity contribution in [2.75, 3.05) is 31.6 Å². The number of nitrogens with two attached hydrogens (primary N) is 1. The van der Waals surface area contributed by atoms with Crippen LogP contribution in [0.25, 0.3) is 0 Å². The number of nitrogens with one attached hydrogen (secondary N) is 1. The third-order valence-electron chi connectivity index (χ3n) is 3.53. The van der Waals surface area contributed by atoms with E-state index >= 15 is 0 Å². The van der Waals surface area contributed by atoms with Crippen LogP contribution >= 0.6 is 36.6 Å². The van der Waals surface area contributed by atoms with Crippen molar-refractivity contribution in [3.05, 3.63) is 0 Å². The summed E-state index contributed by atoms with van der Waals surface area (Å²) >= 11 is 1.73. The minimum Gasteiger partial charge on any atom is -0.352 e. The molecule has 0 aromatic heterocycles. The zero-order valence-electron chi connectivity index (χ0n) is 13.3. The van der Waals surface area contributed by atoms with Gasteiger partial charge in [-0.3, -0.25) is 4.79 Å². The highest BCUT2D eigenvalue weighted by Crippen LogP contribution is 2.12. The van der Waals surface area contributed by atoms with Crippen LogP contribution in [0.15, 0.2) is 0 Å². The van der Waals surface area contributed by atoms with E-state index in [4.69, 9.17) is 5.73 Å². The van der Waals surface area contributed by atoms with E-state index in [0.29, 0.717) is 12.0 Å². The molecule has 7 heteroatoms. The van der Waals surface area contributed by atoms with E-state index in [1.54, 1.807) is 11.8 Å². The first kappa shape index (κ1) is 23.6. The van der Waals surface area contributed by atoms with Gasteiger partial charge in [0, 0.05) is 25.7 Å². The Morgan fingerprint density at radius 1 is 1.33 bits per heavy atom. The second kappa shape index (κ2) is 12.8. The van der Waals surface area contributed by atoms with Gasteiger partial charge in [0.05, 0.1) is 6.04 Å². The Bertz CT molecular complexity index is 275. The van der Waals surface area contributed by atoms with Gasteiger partial charge in [0.15, 0.2) is 0 Å². The van der Waals surface area contributed by atoms with Crippen LogP contribution in [0.5, 0.6) is 0 Å². The summed E-state index contributed by atoms with van der Waals surface area (Å²) in [6.45, 7) is 7.83. The second-order valence-corrected chi connectivity index (χ2v) is 6.85. The molecule has 1 saturated heterocycles. The first-order valence-corrected chi connectivity index (χ1v) is 8.69. The largest absolute Gasteiger partial charge is 0.352 e. The maximum absolute atomic E-state index is 11.9. The first-order chi connectivity index (χ1) is 9.02. The normalized spacial score (nSPS) is 17.8. The van der Waals surface area contributed by atoms with Gasteiger partial charge in [-0.05, 0) is 37.2 Å². The number of hydrogen-bond donors (Lipinski definition) is 2. The van der Waals surface area contributed by atoms with Crippen LogP contribution in [0.1, 0.15) is 33.1 Å². The van der Waals surface area contributed by atoms with Crippen LogP contribution in [0.2, 0.25) is 0 Å². The van der Waals surface area contributed by atoms with Crippen molar-refractivity contribution in [1.82, 2.24) is 10.2 Å².